The average Bonchev–Trinajstić information content (AvgIpc) is 3.49. The van der Waals surface area contributed by atoms with Crippen molar-refractivity contribution in [3.05, 3.63) is 68.9 Å². The van der Waals surface area contributed by atoms with Crippen LogP contribution in [0, 0.1) is 0 Å². The highest BCUT2D eigenvalue weighted by atomic mass is 32.1. The Labute approximate surface area is 548 Å². The second-order valence-electron chi connectivity index (χ2n) is 26.6. The first-order valence-corrected chi connectivity index (χ1v) is 41.8. The van der Waals surface area contributed by atoms with Gasteiger partial charge in [-0.25, -0.2) is 0 Å². The summed E-state index contributed by atoms with van der Waals surface area (Å²) >= 11 is 10.6. The van der Waals surface area contributed by atoms with Crippen LogP contribution >= 0.6 is 56.7 Å². The van der Waals surface area contributed by atoms with Crippen LogP contribution in [0.5, 0.6) is 0 Å². The minimum Gasteiger partial charge on any atom is -0.143 e. The van der Waals surface area contributed by atoms with Crippen molar-refractivity contribution in [2.45, 2.75) is 388 Å². The standard InChI is InChI=1S/C80H132S5/c1-6-11-16-21-26-31-36-41-46-51-56-68-61-63-81-76(68)73-65-70(58-53-48-43-38-33-28-23-18-13-8-3)78(83-73)75-67-72(60-55-50-45-40-35-30-25-20-15-10-5)80(85-75)79-71(59-54-49-44-39-34-29-24-19-14-9-4)66-74(84-79)77-69(62-64-82-77)57-52-47-42-37-32-27-22-17-12-7-2/h61-67H,6-60H2,1-5H3. The summed E-state index contributed by atoms with van der Waals surface area (Å²) in [5, 5.41) is 4.83. The van der Waals surface area contributed by atoms with E-state index >= 15 is 0 Å². The Balaban J connectivity index is 1.42. The maximum absolute atomic E-state index is 2.76. The molecule has 0 N–H and O–H groups in total. The Bertz CT molecular complexity index is 2290. The molecule has 0 radical (unpaired) electrons. The Hall–Kier alpha value is -1.50. The summed E-state index contributed by atoms with van der Waals surface area (Å²) in [6, 6.07) is 13.2. The van der Waals surface area contributed by atoms with Gasteiger partial charge < -0.3 is 0 Å². The van der Waals surface area contributed by atoms with Crippen molar-refractivity contribution in [1.29, 1.82) is 0 Å². The lowest BCUT2D eigenvalue weighted by Gasteiger charge is -2.07. The highest BCUT2D eigenvalue weighted by Crippen LogP contribution is 2.51. The van der Waals surface area contributed by atoms with Crippen LogP contribution in [0.1, 0.15) is 383 Å². The van der Waals surface area contributed by atoms with Gasteiger partial charge in [-0.2, -0.15) is 0 Å². The lowest BCUT2D eigenvalue weighted by atomic mass is 10.00. The fourth-order valence-electron chi connectivity index (χ4n) is 13.3. The average molecular weight is 1250 g/mol. The maximum atomic E-state index is 2.76. The minimum atomic E-state index is 1.22. The van der Waals surface area contributed by atoms with Gasteiger partial charge in [0.2, 0.25) is 0 Å². The van der Waals surface area contributed by atoms with E-state index in [2.05, 4.69) is 110 Å². The lowest BCUT2D eigenvalue weighted by Crippen LogP contribution is -1.90. The van der Waals surface area contributed by atoms with Gasteiger partial charge in [-0.1, -0.05) is 324 Å². The number of rotatable bonds is 59. The van der Waals surface area contributed by atoms with E-state index in [1.165, 1.54) is 353 Å². The Morgan fingerprint density at radius 3 is 0.635 bits per heavy atom. The number of unbranched alkanes of at least 4 members (excludes halogenated alkanes) is 45. The van der Waals surface area contributed by atoms with Gasteiger partial charge in [-0.3, -0.25) is 0 Å². The number of hydrogen-bond acceptors (Lipinski definition) is 5. The van der Waals surface area contributed by atoms with Crippen LogP contribution < -0.4 is 0 Å². The van der Waals surface area contributed by atoms with Crippen molar-refractivity contribution < 1.29 is 0 Å². The third kappa shape index (κ3) is 31.4. The van der Waals surface area contributed by atoms with E-state index in [1.807, 2.05) is 22.7 Å². The molecule has 0 saturated heterocycles. The van der Waals surface area contributed by atoms with E-state index in [0.717, 1.165) is 0 Å². The highest BCUT2D eigenvalue weighted by molar-refractivity contribution is 7.29. The third-order valence-electron chi connectivity index (χ3n) is 18.8. The zero-order valence-electron chi connectivity index (χ0n) is 56.5. The quantitative estimate of drug-likeness (QED) is 0.0340. The summed E-state index contributed by atoms with van der Waals surface area (Å²) in [5.41, 5.74) is 8.18. The summed E-state index contributed by atoms with van der Waals surface area (Å²) in [6.45, 7) is 11.7. The van der Waals surface area contributed by atoms with E-state index in [1.54, 1.807) is 66.8 Å². The number of thiophene rings is 5. The van der Waals surface area contributed by atoms with Crippen molar-refractivity contribution in [1.82, 2.24) is 0 Å². The van der Waals surface area contributed by atoms with Crippen molar-refractivity contribution in [3.63, 3.8) is 0 Å². The first-order chi connectivity index (χ1) is 42.1. The van der Waals surface area contributed by atoms with Crippen LogP contribution in [0.15, 0.2) is 41.1 Å². The fraction of sp³-hybridized carbons (Fsp3) is 0.750. The predicted molar refractivity (Wildman–Crippen MR) is 395 cm³/mol. The van der Waals surface area contributed by atoms with Gasteiger partial charge in [0, 0.05) is 39.0 Å². The van der Waals surface area contributed by atoms with Crippen molar-refractivity contribution in [2.24, 2.45) is 0 Å². The summed E-state index contributed by atoms with van der Waals surface area (Å²) < 4.78 is 0. The van der Waals surface area contributed by atoms with Gasteiger partial charge in [0.1, 0.15) is 0 Å². The first-order valence-electron chi connectivity index (χ1n) is 37.6. The second-order valence-corrected chi connectivity index (χ2v) is 31.6. The summed E-state index contributed by atoms with van der Waals surface area (Å²) in [5.74, 6) is 0. The molecule has 85 heavy (non-hydrogen) atoms. The van der Waals surface area contributed by atoms with E-state index in [0.29, 0.717) is 0 Å². The molecule has 0 spiro atoms. The Morgan fingerprint density at radius 2 is 0.388 bits per heavy atom. The Kier molecular flexibility index (Phi) is 43.8. The molecule has 0 aromatic carbocycles. The zero-order valence-corrected chi connectivity index (χ0v) is 60.6. The fourth-order valence-corrected chi connectivity index (χ4v) is 19.5. The normalized spacial score (nSPS) is 11.8. The molecule has 0 bridgehead atoms. The molecule has 5 heteroatoms. The van der Waals surface area contributed by atoms with Crippen LogP contribution in [-0.4, -0.2) is 0 Å². The molecule has 5 heterocycles. The number of hydrogen-bond donors (Lipinski definition) is 0. The lowest BCUT2D eigenvalue weighted by molar-refractivity contribution is 0.556. The van der Waals surface area contributed by atoms with E-state index < -0.39 is 0 Å². The molecule has 0 aliphatic carbocycles. The Morgan fingerprint density at radius 1 is 0.200 bits per heavy atom. The van der Waals surface area contributed by atoms with Crippen LogP contribution in [0.4, 0.5) is 0 Å². The molecule has 5 aromatic heterocycles. The first kappa shape index (κ1) is 74.2. The highest BCUT2D eigenvalue weighted by Gasteiger charge is 2.24. The minimum absolute atomic E-state index is 1.22. The molecular weight excluding hydrogens is 1120 g/mol. The molecule has 0 aliphatic rings. The third-order valence-corrected chi connectivity index (χ3v) is 24.9. The van der Waals surface area contributed by atoms with Gasteiger partial charge in [0.05, 0.1) is 0 Å². The molecule has 0 amide bonds. The molecule has 0 nitrogen and oxygen atoms in total. The molecular formula is C80H132S5. The van der Waals surface area contributed by atoms with Crippen LogP contribution in [-0.2, 0) is 32.1 Å². The summed E-state index contributed by atoms with van der Waals surface area (Å²) in [6.07, 6.45) is 76.1. The maximum Gasteiger partial charge on any atom is 0.0484 e. The molecule has 0 saturated carbocycles. The molecule has 0 fully saturated rings. The number of aryl methyl sites for hydroxylation is 5. The SMILES string of the molecule is CCCCCCCCCCCCc1ccsc1-c1cc(CCCCCCCCCCCC)c(-c2cc(CCCCCCCCCCCC)c(-c3sc(-c4sccc4CCCCCCCCCCCC)cc3CCCCCCCCCCCC)s2)s1. The summed E-state index contributed by atoms with van der Waals surface area (Å²) in [7, 11) is 0. The van der Waals surface area contributed by atoms with Crippen LogP contribution in [0.25, 0.3) is 39.0 Å². The van der Waals surface area contributed by atoms with Gasteiger partial charge >= 0.3 is 0 Å². The molecule has 0 aliphatic heterocycles. The predicted octanol–water partition coefficient (Wildman–Crippen LogP) is 31.0. The molecule has 0 unspecified atom stereocenters. The summed E-state index contributed by atoms with van der Waals surface area (Å²) in [4.78, 5) is 12.7. The zero-order chi connectivity index (χ0) is 59.9. The largest absolute Gasteiger partial charge is 0.143 e. The van der Waals surface area contributed by atoms with Crippen molar-refractivity contribution in [2.75, 3.05) is 0 Å². The van der Waals surface area contributed by atoms with Gasteiger partial charge in [0.25, 0.3) is 0 Å². The van der Waals surface area contributed by atoms with Crippen LogP contribution in [0.3, 0.4) is 0 Å². The van der Waals surface area contributed by atoms with E-state index in [9.17, 15) is 0 Å². The smallest absolute Gasteiger partial charge is 0.0484 e. The van der Waals surface area contributed by atoms with Gasteiger partial charge in [-0.05, 0) is 133 Å². The van der Waals surface area contributed by atoms with Crippen molar-refractivity contribution in [3.8, 4) is 39.0 Å². The van der Waals surface area contributed by atoms with Gasteiger partial charge in [-0.15, -0.1) is 56.7 Å². The molecule has 0 atom stereocenters. The second kappa shape index (κ2) is 50.2. The molecule has 5 aromatic rings. The molecule has 5 rings (SSSR count). The van der Waals surface area contributed by atoms with E-state index in [4.69, 9.17) is 0 Å². The van der Waals surface area contributed by atoms with E-state index in [-0.39, 0.29) is 0 Å². The monoisotopic (exact) mass is 1250 g/mol. The van der Waals surface area contributed by atoms with Gasteiger partial charge in [0.15, 0.2) is 0 Å². The molecule has 482 valence electrons. The van der Waals surface area contributed by atoms with Crippen LogP contribution in [0.2, 0.25) is 0 Å². The van der Waals surface area contributed by atoms with Crippen molar-refractivity contribution >= 4 is 56.7 Å². The topological polar surface area (TPSA) is 0 Å².